The number of rotatable bonds is 7. The Hall–Kier alpha value is -0.700. The Morgan fingerprint density at radius 3 is 2.70 bits per heavy atom. The topological polar surface area (TPSA) is 111 Å². The monoisotopic (exact) mass is 347 g/mol. The minimum absolute atomic E-state index is 0.0307. The molecular weight excluding hydrogens is 318 g/mol. The van der Waals surface area contributed by atoms with E-state index in [1.807, 2.05) is 0 Å². The van der Waals surface area contributed by atoms with E-state index in [1.54, 1.807) is 0 Å². The molecule has 2 aliphatic rings. The van der Waals surface area contributed by atoms with Gasteiger partial charge < -0.3 is 15.8 Å². The molecule has 134 valence electrons. The van der Waals surface area contributed by atoms with Crippen LogP contribution in [0.3, 0.4) is 0 Å². The van der Waals surface area contributed by atoms with Crippen LogP contribution in [0.5, 0.6) is 0 Å². The van der Waals surface area contributed by atoms with E-state index < -0.39 is 10.0 Å². The van der Waals surface area contributed by atoms with Crippen molar-refractivity contribution >= 4 is 15.9 Å². The Bertz CT molecular complexity index is 477. The van der Waals surface area contributed by atoms with Crippen molar-refractivity contribution in [2.75, 3.05) is 25.4 Å². The molecule has 0 spiro atoms. The van der Waals surface area contributed by atoms with E-state index in [0.717, 1.165) is 38.5 Å². The molecule has 1 saturated heterocycles. The van der Waals surface area contributed by atoms with Crippen LogP contribution in [0.1, 0.15) is 44.9 Å². The quantitative estimate of drug-likeness (QED) is 0.605. The summed E-state index contributed by atoms with van der Waals surface area (Å²) in [4.78, 5) is 12.0. The maximum Gasteiger partial charge on any atom is 0.223 e. The van der Waals surface area contributed by atoms with Crippen LogP contribution < -0.4 is 15.8 Å². The van der Waals surface area contributed by atoms with E-state index in [4.69, 9.17) is 10.5 Å². The normalized spacial score (nSPS) is 29.2. The smallest absolute Gasteiger partial charge is 0.223 e. The first-order valence-corrected chi connectivity index (χ1v) is 10.2. The van der Waals surface area contributed by atoms with Gasteiger partial charge in [0, 0.05) is 31.7 Å². The molecule has 3 atom stereocenters. The Labute approximate surface area is 138 Å². The fourth-order valence-electron chi connectivity index (χ4n) is 3.18. The summed E-state index contributed by atoms with van der Waals surface area (Å²) in [5.41, 5.74) is 5.87. The van der Waals surface area contributed by atoms with E-state index in [2.05, 4.69) is 10.0 Å². The molecule has 4 N–H and O–H groups in total. The van der Waals surface area contributed by atoms with Crippen LogP contribution in [-0.4, -0.2) is 51.9 Å². The highest BCUT2D eigenvalue weighted by Gasteiger charge is 2.25. The molecule has 2 rings (SSSR count). The average Bonchev–Trinajstić information content (AvgIpc) is 2.54. The molecular formula is C15H29N3O4S. The zero-order chi connectivity index (χ0) is 16.7. The predicted octanol–water partition coefficient (Wildman–Crippen LogP) is 0.109. The third-order valence-electron chi connectivity index (χ3n) is 4.56. The van der Waals surface area contributed by atoms with Gasteiger partial charge in [-0.1, -0.05) is 6.42 Å². The number of carbonyl (C=O) groups excluding carboxylic acids is 1. The summed E-state index contributed by atoms with van der Waals surface area (Å²) in [5, 5.41) is 2.72. The zero-order valence-corrected chi connectivity index (χ0v) is 14.4. The maximum absolute atomic E-state index is 12.0. The number of sulfonamides is 1. The van der Waals surface area contributed by atoms with E-state index in [1.165, 1.54) is 0 Å². The molecule has 0 bridgehead atoms. The molecule has 2 fully saturated rings. The van der Waals surface area contributed by atoms with Gasteiger partial charge in [0.05, 0.1) is 11.9 Å². The van der Waals surface area contributed by atoms with Gasteiger partial charge in [-0.2, -0.15) is 0 Å². The number of ether oxygens (including phenoxy) is 1. The minimum atomic E-state index is -3.39. The molecule has 1 heterocycles. The lowest BCUT2D eigenvalue weighted by Crippen LogP contribution is -2.42. The lowest BCUT2D eigenvalue weighted by molar-refractivity contribution is -0.125. The first-order valence-electron chi connectivity index (χ1n) is 8.58. The van der Waals surface area contributed by atoms with Crippen LogP contribution in [0, 0.1) is 5.92 Å². The summed E-state index contributed by atoms with van der Waals surface area (Å²) in [7, 11) is -3.39. The SMILES string of the molecule is NC1CCCC(C(=O)NCCS(=O)(=O)NCC2CCCCO2)C1. The number of amides is 1. The minimum Gasteiger partial charge on any atom is -0.377 e. The molecule has 3 unspecified atom stereocenters. The fourth-order valence-corrected chi connectivity index (χ4v) is 4.13. The Morgan fingerprint density at radius 2 is 2.00 bits per heavy atom. The van der Waals surface area contributed by atoms with Crippen molar-refractivity contribution in [3.63, 3.8) is 0 Å². The summed E-state index contributed by atoms with van der Waals surface area (Å²) in [6, 6.07) is 0.0837. The number of hydrogen-bond acceptors (Lipinski definition) is 5. The number of hydrogen-bond donors (Lipinski definition) is 3. The predicted molar refractivity (Wildman–Crippen MR) is 88.3 cm³/mol. The number of nitrogens with one attached hydrogen (secondary N) is 2. The van der Waals surface area contributed by atoms with Gasteiger partial charge in [-0.15, -0.1) is 0 Å². The third-order valence-corrected chi connectivity index (χ3v) is 5.91. The highest BCUT2D eigenvalue weighted by molar-refractivity contribution is 7.89. The van der Waals surface area contributed by atoms with Crippen molar-refractivity contribution in [2.24, 2.45) is 11.7 Å². The van der Waals surface area contributed by atoms with Crippen molar-refractivity contribution in [1.82, 2.24) is 10.0 Å². The lowest BCUT2D eigenvalue weighted by atomic mass is 9.85. The van der Waals surface area contributed by atoms with Gasteiger partial charge >= 0.3 is 0 Å². The Kier molecular flexibility index (Phi) is 7.26. The molecule has 0 aromatic carbocycles. The Balaban J connectivity index is 1.64. The van der Waals surface area contributed by atoms with Gasteiger partial charge in [0.15, 0.2) is 0 Å². The van der Waals surface area contributed by atoms with Crippen LogP contribution in [-0.2, 0) is 19.6 Å². The van der Waals surface area contributed by atoms with Crippen molar-refractivity contribution in [3.8, 4) is 0 Å². The molecule has 1 aliphatic carbocycles. The summed E-state index contributed by atoms with van der Waals surface area (Å²) >= 11 is 0. The molecule has 0 aromatic heterocycles. The lowest BCUT2D eigenvalue weighted by Gasteiger charge is -2.25. The van der Waals surface area contributed by atoms with Crippen molar-refractivity contribution in [2.45, 2.75) is 57.1 Å². The van der Waals surface area contributed by atoms with Crippen LogP contribution >= 0.6 is 0 Å². The van der Waals surface area contributed by atoms with Gasteiger partial charge in [-0.25, -0.2) is 13.1 Å². The molecule has 0 aromatic rings. The molecule has 8 heteroatoms. The van der Waals surface area contributed by atoms with Gasteiger partial charge in [0.25, 0.3) is 0 Å². The van der Waals surface area contributed by atoms with Crippen LogP contribution in [0.2, 0.25) is 0 Å². The summed E-state index contributed by atoms with van der Waals surface area (Å²) in [6.07, 6.45) is 6.43. The Morgan fingerprint density at radius 1 is 1.17 bits per heavy atom. The van der Waals surface area contributed by atoms with Gasteiger partial charge in [0.2, 0.25) is 15.9 Å². The molecule has 0 radical (unpaired) electrons. The first-order chi connectivity index (χ1) is 11.0. The van der Waals surface area contributed by atoms with Gasteiger partial charge in [-0.05, 0) is 38.5 Å². The van der Waals surface area contributed by atoms with Crippen LogP contribution in [0.15, 0.2) is 0 Å². The maximum atomic E-state index is 12.0. The summed E-state index contributed by atoms with van der Waals surface area (Å²) in [5.74, 6) is -0.263. The second kappa shape index (κ2) is 8.96. The van der Waals surface area contributed by atoms with E-state index in [9.17, 15) is 13.2 Å². The molecule has 7 nitrogen and oxygen atoms in total. The first kappa shape index (κ1) is 18.6. The van der Waals surface area contributed by atoms with Crippen LogP contribution in [0.4, 0.5) is 0 Å². The third kappa shape index (κ3) is 6.74. The number of nitrogens with two attached hydrogens (primary N) is 1. The largest absolute Gasteiger partial charge is 0.377 e. The van der Waals surface area contributed by atoms with E-state index in [-0.39, 0.29) is 36.3 Å². The highest BCUT2D eigenvalue weighted by Crippen LogP contribution is 2.22. The second-order valence-electron chi connectivity index (χ2n) is 6.57. The van der Waals surface area contributed by atoms with Crippen LogP contribution in [0.25, 0.3) is 0 Å². The highest BCUT2D eigenvalue weighted by atomic mass is 32.2. The van der Waals surface area contributed by atoms with E-state index >= 15 is 0 Å². The van der Waals surface area contributed by atoms with E-state index in [0.29, 0.717) is 19.6 Å². The average molecular weight is 347 g/mol. The molecule has 23 heavy (non-hydrogen) atoms. The zero-order valence-electron chi connectivity index (χ0n) is 13.6. The van der Waals surface area contributed by atoms with Gasteiger partial charge in [0.1, 0.15) is 0 Å². The van der Waals surface area contributed by atoms with Crippen molar-refractivity contribution < 1.29 is 17.9 Å². The second-order valence-corrected chi connectivity index (χ2v) is 8.50. The fraction of sp³-hybridized carbons (Fsp3) is 0.933. The standard InChI is InChI=1S/C15H29N3O4S/c16-13-5-3-4-12(10-13)15(19)17-7-9-23(20,21)18-11-14-6-1-2-8-22-14/h12-14,18H,1-11,16H2,(H,17,19). The summed E-state index contributed by atoms with van der Waals surface area (Å²) < 4.78 is 32.0. The van der Waals surface area contributed by atoms with Crippen molar-refractivity contribution in [1.29, 1.82) is 0 Å². The molecule has 1 saturated carbocycles. The molecule has 1 amide bonds. The number of carbonyl (C=O) groups is 1. The summed E-state index contributed by atoms with van der Waals surface area (Å²) in [6.45, 7) is 1.14. The molecule has 1 aliphatic heterocycles. The van der Waals surface area contributed by atoms with Gasteiger partial charge in [-0.3, -0.25) is 4.79 Å². The van der Waals surface area contributed by atoms with Crippen molar-refractivity contribution in [3.05, 3.63) is 0 Å².